The molecule has 0 saturated heterocycles. The third kappa shape index (κ3) is 4.37. The van der Waals surface area contributed by atoms with Gasteiger partial charge in [0, 0.05) is 6.07 Å². The van der Waals surface area contributed by atoms with Gasteiger partial charge in [0.25, 0.3) is 5.91 Å². The van der Waals surface area contributed by atoms with Crippen LogP contribution in [0.25, 0.3) is 5.69 Å². The fraction of sp³-hybridized carbons (Fsp3) is 0.176. The van der Waals surface area contributed by atoms with Crippen LogP contribution in [0, 0.1) is 5.82 Å². The second-order valence-corrected chi connectivity index (χ2v) is 5.38. The van der Waals surface area contributed by atoms with Crippen molar-refractivity contribution in [2.45, 2.75) is 13.0 Å². The van der Waals surface area contributed by atoms with Gasteiger partial charge in [0.2, 0.25) is 0 Å². The fourth-order valence-corrected chi connectivity index (χ4v) is 2.26. The average molecular weight is 341 g/mol. The Labute approximate surface area is 143 Å². The summed E-state index contributed by atoms with van der Waals surface area (Å²) in [5.74, 6) is -0.0599. The number of rotatable bonds is 6. The largest absolute Gasteiger partial charge is 0.484 e. The summed E-state index contributed by atoms with van der Waals surface area (Å²) < 4.78 is 19.9. The Morgan fingerprint density at radius 3 is 2.80 bits per heavy atom. The van der Waals surface area contributed by atoms with E-state index in [9.17, 15) is 9.18 Å². The second-order valence-electron chi connectivity index (χ2n) is 5.38. The van der Waals surface area contributed by atoms with E-state index in [2.05, 4.69) is 20.8 Å². The van der Waals surface area contributed by atoms with Crippen LogP contribution in [0.15, 0.2) is 54.9 Å². The molecule has 1 aromatic heterocycles. The first-order chi connectivity index (χ1) is 12.1. The Balaban J connectivity index is 1.55. The van der Waals surface area contributed by atoms with Crippen LogP contribution in [-0.2, 0) is 4.79 Å². The molecule has 3 aromatic rings. The van der Waals surface area contributed by atoms with Crippen LogP contribution in [0.3, 0.4) is 0 Å². The molecule has 0 fully saturated rings. The van der Waals surface area contributed by atoms with E-state index in [1.54, 1.807) is 30.3 Å². The van der Waals surface area contributed by atoms with Crippen molar-refractivity contribution in [1.29, 1.82) is 0 Å². The van der Waals surface area contributed by atoms with E-state index < -0.39 is 0 Å². The number of aromatic nitrogens is 4. The normalized spacial score (nSPS) is 11.8. The molecule has 1 amide bonds. The van der Waals surface area contributed by atoms with Crippen molar-refractivity contribution in [3.8, 4) is 11.4 Å². The number of nitrogens with one attached hydrogen (secondary N) is 1. The number of tetrazole rings is 1. The van der Waals surface area contributed by atoms with Gasteiger partial charge in [-0.05, 0) is 47.2 Å². The van der Waals surface area contributed by atoms with Crippen LogP contribution >= 0.6 is 0 Å². The number of carbonyl (C=O) groups is 1. The zero-order chi connectivity index (χ0) is 17.6. The van der Waals surface area contributed by atoms with Crippen LogP contribution in [0.2, 0.25) is 0 Å². The summed E-state index contributed by atoms with van der Waals surface area (Å²) in [4.78, 5) is 12.0. The monoisotopic (exact) mass is 341 g/mol. The van der Waals surface area contributed by atoms with Crippen molar-refractivity contribution in [1.82, 2.24) is 25.5 Å². The Morgan fingerprint density at radius 2 is 2.08 bits per heavy atom. The number of hydrogen-bond acceptors (Lipinski definition) is 5. The number of halogens is 1. The van der Waals surface area contributed by atoms with Gasteiger partial charge in [-0.2, -0.15) is 0 Å². The topological polar surface area (TPSA) is 81.9 Å². The van der Waals surface area contributed by atoms with Crippen molar-refractivity contribution in [2.24, 2.45) is 0 Å². The SMILES string of the molecule is CC(NC(=O)COc1cccc(-n2cnnn2)c1)c1ccc(F)cc1. The molecule has 0 aliphatic carbocycles. The van der Waals surface area contributed by atoms with Crippen molar-refractivity contribution in [3.05, 3.63) is 66.2 Å². The summed E-state index contributed by atoms with van der Waals surface area (Å²) in [6.07, 6.45) is 1.47. The minimum Gasteiger partial charge on any atom is -0.484 e. The third-order valence-electron chi connectivity index (χ3n) is 3.55. The highest BCUT2D eigenvalue weighted by Gasteiger charge is 2.10. The molecule has 0 spiro atoms. The zero-order valence-corrected chi connectivity index (χ0v) is 13.5. The molecular weight excluding hydrogens is 325 g/mol. The summed E-state index contributed by atoms with van der Waals surface area (Å²) in [6.45, 7) is 1.69. The molecule has 0 aliphatic rings. The lowest BCUT2D eigenvalue weighted by Crippen LogP contribution is -2.31. The van der Waals surface area contributed by atoms with E-state index in [1.165, 1.54) is 23.1 Å². The van der Waals surface area contributed by atoms with Gasteiger partial charge in [-0.1, -0.05) is 18.2 Å². The fourth-order valence-electron chi connectivity index (χ4n) is 2.26. The molecule has 0 radical (unpaired) electrons. The molecular formula is C17H16FN5O2. The van der Waals surface area contributed by atoms with Gasteiger partial charge in [0.05, 0.1) is 11.7 Å². The summed E-state index contributed by atoms with van der Waals surface area (Å²) >= 11 is 0. The van der Waals surface area contributed by atoms with Crippen LogP contribution in [-0.4, -0.2) is 32.7 Å². The quantitative estimate of drug-likeness (QED) is 0.742. The highest BCUT2D eigenvalue weighted by Crippen LogP contribution is 2.16. The minimum atomic E-state index is -0.312. The lowest BCUT2D eigenvalue weighted by molar-refractivity contribution is -0.123. The molecule has 128 valence electrons. The number of carbonyl (C=O) groups excluding carboxylic acids is 1. The summed E-state index contributed by atoms with van der Waals surface area (Å²) in [5, 5.41) is 13.7. The van der Waals surface area contributed by atoms with Crippen molar-refractivity contribution < 1.29 is 13.9 Å². The maximum Gasteiger partial charge on any atom is 0.258 e. The second kappa shape index (κ2) is 7.52. The molecule has 25 heavy (non-hydrogen) atoms. The van der Waals surface area contributed by atoms with Gasteiger partial charge in [-0.25, -0.2) is 9.07 Å². The van der Waals surface area contributed by atoms with Gasteiger partial charge >= 0.3 is 0 Å². The standard InChI is InChI=1S/C17H16FN5O2/c1-12(13-5-7-14(18)8-6-13)20-17(24)10-25-16-4-2-3-15(9-16)23-11-19-21-22-23/h2-9,11-12H,10H2,1H3,(H,20,24). The van der Waals surface area contributed by atoms with Crippen LogP contribution in [0.1, 0.15) is 18.5 Å². The zero-order valence-electron chi connectivity index (χ0n) is 13.5. The van der Waals surface area contributed by atoms with Gasteiger partial charge in [0.15, 0.2) is 6.61 Å². The van der Waals surface area contributed by atoms with Crippen LogP contribution in [0.4, 0.5) is 4.39 Å². The molecule has 1 unspecified atom stereocenters. The van der Waals surface area contributed by atoms with E-state index in [0.29, 0.717) is 5.75 Å². The molecule has 1 heterocycles. The number of ether oxygens (including phenoxy) is 1. The molecule has 8 heteroatoms. The molecule has 2 aromatic carbocycles. The Morgan fingerprint density at radius 1 is 1.28 bits per heavy atom. The van der Waals surface area contributed by atoms with Crippen LogP contribution < -0.4 is 10.1 Å². The van der Waals surface area contributed by atoms with Crippen molar-refractivity contribution >= 4 is 5.91 Å². The Hall–Kier alpha value is -3.29. The first-order valence-corrected chi connectivity index (χ1v) is 7.63. The molecule has 1 N–H and O–H groups in total. The highest BCUT2D eigenvalue weighted by atomic mass is 19.1. The van der Waals surface area contributed by atoms with E-state index in [-0.39, 0.29) is 24.4 Å². The summed E-state index contributed by atoms with van der Waals surface area (Å²) in [5.41, 5.74) is 1.54. The molecule has 0 aliphatic heterocycles. The first kappa shape index (κ1) is 16.6. The van der Waals surface area contributed by atoms with Gasteiger partial charge in [-0.15, -0.1) is 5.10 Å². The maximum absolute atomic E-state index is 12.9. The number of hydrogen-bond donors (Lipinski definition) is 1. The minimum absolute atomic E-state index is 0.134. The van der Waals surface area contributed by atoms with E-state index in [1.807, 2.05) is 13.0 Å². The third-order valence-corrected chi connectivity index (χ3v) is 3.55. The number of benzene rings is 2. The van der Waals surface area contributed by atoms with E-state index in [0.717, 1.165) is 11.3 Å². The molecule has 7 nitrogen and oxygen atoms in total. The van der Waals surface area contributed by atoms with Gasteiger partial charge < -0.3 is 10.1 Å². The lowest BCUT2D eigenvalue weighted by atomic mass is 10.1. The maximum atomic E-state index is 12.9. The molecule has 3 rings (SSSR count). The van der Waals surface area contributed by atoms with Gasteiger partial charge in [0.1, 0.15) is 17.9 Å². The summed E-state index contributed by atoms with van der Waals surface area (Å²) in [7, 11) is 0. The Kier molecular flexibility index (Phi) is 4.98. The molecule has 0 bridgehead atoms. The van der Waals surface area contributed by atoms with Crippen molar-refractivity contribution in [2.75, 3.05) is 6.61 Å². The lowest BCUT2D eigenvalue weighted by Gasteiger charge is -2.15. The summed E-state index contributed by atoms with van der Waals surface area (Å²) in [6, 6.07) is 12.8. The smallest absolute Gasteiger partial charge is 0.258 e. The average Bonchev–Trinajstić information content (AvgIpc) is 3.15. The Bertz CT molecular complexity index is 837. The van der Waals surface area contributed by atoms with Crippen LogP contribution in [0.5, 0.6) is 5.75 Å². The number of nitrogens with zero attached hydrogens (tertiary/aromatic N) is 4. The molecule has 0 saturated carbocycles. The van der Waals surface area contributed by atoms with E-state index in [4.69, 9.17) is 4.74 Å². The van der Waals surface area contributed by atoms with Crippen molar-refractivity contribution in [3.63, 3.8) is 0 Å². The first-order valence-electron chi connectivity index (χ1n) is 7.63. The van der Waals surface area contributed by atoms with E-state index >= 15 is 0 Å². The number of amides is 1. The predicted octanol–water partition coefficient (Wildman–Crippen LogP) is 2.06. The predicted molar refractivity (Wildman–Crippen MR) is 87.6 cm³/mol. The highest BCUT2D eigenvalue weighted by molar-refractivity contribution is 5.78. The molecule has 1 atom stereocenters. The van der Waals surface area contributed by atoms with Gasteiger partial charge in [-0.3, -0.25) is 4.79 Å².